The molecule has 2 atom stereocenters. The van der Waals surface area contributed by atoms with E-state index in [1.165, 1.54) is 16.3 Å². The van der Waals surface area contributed by atoms with E-state index in [0.29, 0.717) is 18.9 Å². The van der Waals surface area contributed by atoms with Crippen molar-refractivity contribution in [2.24, 2.45) is 17.6 Å². The predicted octanol–water partition coefficient (Wildman–Crippen LogP) is 2.97. The molecule has 0 heterocycles. The summed E-state index contributed by atoms with van der Waals surface area (Å²) in [6.07, 6.45) is 0.289. The lowest BCUT2D eigenvalue weighted by Gasteiger charge is -2.25. The molecule has 0 saturated heterocycles. The molecule has 0 radical (unpaired) electrons. The summed E-state index contributed by atoms with van der Waals surface area (Å²) in [5.41, 5.74) is 6.98. The molecule has 19 heavy (non-hydrogen) atoms. The molecule has 0 fully saturated rings. The average Bonchev–Trinajstić information content (AvgIpc) is 2.39. The van der Waals surface area contributed by atoms with Crippen molar-refractivity contribution in [2.45, 2.75) is 26.4 Å². The van der Waals surface area contributed by atoms with Crippen LogP contribution in [-0.4, -0.2) is 17.8 Å². The van der Waals surface area contributed by atoms with Gasteiger partial charge in [0, 0.05) is 0 Å². The van der Waals surface area contributed by atoms with Crippen molar-refractivity contribution in [3.05, 3.63) is 48.0 Å². The Balaban J connectivity index is 2.26. The van der Waals surface area contributed by atoms with Gasteiger partial charge in [-0.25, -0.2) is 0 Å². The summed E-state index contributed by atoms with van der Waals surface area (Å²) in [4.78, 5) is 0. The monoisotopic (exact) mass is 257 g/mol. The van der Waals surface area contributed by atoms with E-state index < -0.39 is 0 Å². The first-order valence-electron chi connectivity index (χ1n) is 6.98. The zero-order valence-corrected chi connectivity index (χ0v) is 11.7. The molecule has 2 nitrogen and oxygen atoms in total. The van der Waals surface area contributed by atoms with Crippen LogP contribution in [0.2, 0.25) is 0 Å². The van der Waals surface area contributed by atoms with Crippen molar-refractivity contribution >= 4 is 10.8 Å². The molecule has 0 amide bonds. The van der Waals surface area contributed by atoms with Crippen LogP contribution in [0.3, 0.4) is 0 Å². The first kappa shape index (κ1) is 14.0. The van der Waals surface area contributed by atoms with Gasteiger partial charge in [-0.05, 0) is 41.1 Å². The van der Waals surface area contributed by atoms with Crippen LogP contribution in [0.15, 0.2) is 42.5 Å². The summed E-state index contributed by atoms with van der Waals surface area (Å²) in [5.74, 6) is 0.550. The third-order valence-corrected chi connectivity index (χ3v) is 3.93. The van der Waals surface area contributed by atoms with Gasteiger partial charge in [0.2, 0.25) is 0 Å². The Kier molecular flexibility index (Phi) is 4.56. The minimum atomic E-state index is -0.379. The smallest absolute Gasteiger partial charge is 0.0623 e. The molecule has 0 aliphatic carbocycles. The summed E-state index contributed by atoms with van der Waals surface area (Å²) < 4.78 is 0. The Hall–Kier alpha value is -1.38. The van der Waals surface area contributed by atoms with Gasteiger partial charge in [0.15, 0.2) is 0 Å². The Bertz CT molecular complexity index is 530. The second-order valence-corrected chi connectivity index (χ2v) is 5.55. The lowest BCUT2D eigenvalue weighted by atomic mass is 9.86. The molecule has 2 aromatic rings. The Morgan fingerprint density at radius 1 is 1.05 bits per heavy atom. The van der Waals surface area contributed by atoms with Crippen LogP contribution in [-0.2, 0) is 6.42 Å². The van der Waals surface area contributed by atoms with Gasteiger partial charge in [-0.15, -0.1) is 0 Å². The molecule has 2 rings (SSSR count). The zero-order chi connectivity index (χ0) is 13.8. The largest absolute Gasteiger partial charge is 0.392 e. The quantitative estimate of drug-likeness (QED) is 0.865. The van der Waals surface area contributed by atoms with Crippen molar-refractivity contribution in [2.75, 3.05) is 6.54 Å². The molecule has 0 aliphatic heterocycles. The number of fused-ring (bicyclic) bond motifs is 1. The van der Waals surface area contributed by atoms with Gasteiger partial charge in [0.1, 0.15) is 0 Å². The SMILES string of the molecule is CC(C)C(CN)C(O)Cc1cccc2ccccc12. The Labute approximate surface area is 115 Å². The Morgan fingerprint density at radius 2 is 1.74 bits per heavy atom. The minimum Gasteiger partial charge on any atom is -0.392 e. The van der Waals surface area contributed by atoms with Crippen LogP contribution in [0.4, 0.5) is 0 Å². The molecular formula is C17H23NO. The number of hydrogen-bond donors (Lipinski definition) is 2. The van der Waals surface area contributed by atoms with E-state index in [0.717, 1.165) is 0 Å². The highest BCUT2D eigenvalue weighted by Gasteiger charge is 2.21. The van der Waals surface area contributed by atoms with Gasteiger partial charge < -0.3 is 10.8 Å². The fourth-order valence-corrected chi connectivity index (χ4v) is 2.72. The van der Waals surface area contributed by atoms with Gasteiger partial charge in [0.25, 0.3) is 0 Å². The van der Waals surface area contributed by atoms with Gasteiger partial charge in [-0.1, -0.05) is 56.3 Å². The molecule has 0 aromatic heterocycles. The molecular weight excluding hydrogens is 234 g/mol. The molecule has 0 spiro atoms. The highest BCUT2D eigenvalue weighted by Crippen LogP contribution is 2.23. The van der Waals surface area contributed by atoms with Crippen LogP contribution < -0.4 is 5.73 Å². The fourth-order valence-electron chi connectivity index (χ4n) is 2.72. The topological polar surface area (TPSA) is 46.2 Å². The number of nitrogens with two attached hydrogens (primary N) is 1. The molecule has 3 N–H and O–H groups in total. The van der Waals surface area contributed by atoms with Gasteiger partial charge >= 0.3 is 0 Å². The van der Waals surface area contributed by atoms with Crippen molar-refractivity contribution in [3.8, 4) is 0 Å². The van der Waals surface area contributed by atoms with Crippen molar-refractivity contribution in [3.63, 3.8) is 0 Å². The lowest BCUT2D eigenvalue weighted by Crippen LogP contribution is -2.33. The average molecular weight is 257 g/mol. The van der Waals surface area contributed by atoms with E-state index in [4.69, 9.17) is 5.73 Å². The van der Waals surface area contributed by atoms with Gasteiger partial charge in [-0.2, -0.15) is 0 Å². The third kappa shape index (κ3) is 3.14. The number of hydrogen-bond acceptors (Lipinski definition) is 2. The van der Waals surface area contributed by atoms with Crippen molar-refractivity contribution in [1.29, 1.82) is 0 Å². The Morgan fingerprint density at radius 3 is 2.42 bits per heavy atom. The van der Waals surface area contributed by atoms with Crippen LogP contribution in [0, 0.1) is 11.8 Å². The number of benzene rings is 2. The first-order valence-corrected chi connectivity index (χ1v) is 6.98. The first-order chi connectivity index (χ1) is 9.13. The number of rotatable bonds is 5. The van der Waals surface area contributed by atoms with Gasteiger partial charge in [-0.3, -0.25) is 0 Å². The fraction of sp³-hybridized carbons (Fsp3) is 0.412. The van der Waals surface area contributed by atoms with E-state index in [1.807, 2.05) is 12.1 Å². The molecule has 0 aliphatic rings. The second kappa shape index (κ2) is 6.18. The van der Waals surface area contributed by atoms with E-state index in [9.17, 15) is 5.11 Å². The summed E-state index contributed by atoms with van der Waals surface area (Å²) in [6.45, 7) is 4.76. The standard InChI is InChI=1S/C17H23NO/c1-12(2)16(11-18)17(19)10-14-8-5-7-13-6-3-4-9-15(13)14/h3-9,12,16-17,19H,10-11,18H2,1-2H3. The zero-order valence-electron chi connectivity index (χ0n) is 11.7. The molecule has 102 valence electrons. The molecule has 2 unspecified atom stereocenters. The maximum absolute atomic E-state index is 10.4. The van der Waals surface area contributed by atoms with Crippen LogP contribution >= 0.6 is 0 Å². The minimum absolute atomic E-state index is 0.152. The number of aliphatic hydroxyl groups is 1. The molecule has 2 aromatic carbocycles. The van der Waals surface area contributed by atoms with Crippen molar-refractivity contribution < 1.29 is 5.11 Å². The summed E-state index contributed by atoms with van der Waals surface area (Å²) in [6, 6.07) is 14.6. The van der Waals surface area contributed by atoms with E-state index >= 15 is 0 Å². The highest BCUT2D eigenvalue weighted by atomic mass is 16.3. The summed E-state index contributed by atoms with van der Waals surface area (Å²) in [5, 5.41) is 12.9. The second-order valence-electron chi connectivity index (χ2n) is 5.55. The van der Waals surface area contributed by atoms with E-state index in [-0.39, 0.29) is 12.0 Å². The molecule has 0 bridgehead atoms. The van der Waals surface area contributed by atoms with Crippen LogP contribution in [0.1, 0.15) is 19.4 Å². The maximum atomic E-state index is 10.4. The molecule has 2 heteroatoms. The third-order valence-electron chi connectivity index (χ3n) is 3.93. The van der Waals surface area contributed by atoms with Crippen LogP contribution in [0.5, 0.6) is 0 Å². The summed E-state index contributed by atoms with van der Waals surface area (Å²) in [7, 11) is 0. The number of aliphatic hydroxyl groups excluding tert-OH is 1. The van der Waals surface area contributed by atoms with Crippen molar-refractivity contribution in [1.82, 2.24) is 0 Å². The molecule has 0 saturated carbocycles. The highest BCUT2D eigenvalue weighted by molar-refractivity contribution is 5.85. The lowest BCUT2D eigenvalue weighted by molar-refractivity contribution is 0.0866. The maximum Gasteiger partial charge on any atom is 0.0623 e. The van der Waals surface area contributed by atoms with E-state index in [1.54, 1.807) is 0 Å². The van der Waals surface area contributed by atoms with Gasteiger partial charge in [0.05, 0.1) is 6.10 Å². The summed E-state index contributed by atoms with van der Waals surface area (Å²) >= 11 is 0. The normalized spacial score (nSPS) is 14.8. The van der Waals surface area contributed by atoms with E-state index in [2.05, 4.69) is 44.2 Å². The predicted molar refractivity (Wildman–Crippen MR) is 81.0 cm³/mol. The van der Waals surface area contributed by atoms with Crippen LogP contribution in [0.25, 0.3) is 10.8 Å².